The van der Waals surface area contributed by atoms with E-state index < -0.39 is 93.3 Å². The lowest BCUT2D eigenvalue weighted by Crippen LogP contribution is -2.61. The second-order valence-electron chi connectivity index (χ2n) is 7.61. The topological polar surface area (TPSA) is 248 Å². The Kier molecular flexibility index (Phi) is 5.82. The summed E-state index contributed by atoms with van der Waals surface area (Å²) in [7, 11) is 0. The van der Waals surface area contributed by atoms with E-state index in [1.807, 2.05) is 0 Å². The summed E-state index contributed by atoms with van der Waals surface area (Å²) in [5, 5.41) is 88.4. The van der Waals surface area contributed by atoms with Gasteiger partial charge in [0.15, 0.2) is 34.9 Å². The maximum absolute atomic E-state index is 12.7. The molecule has 0 spiro atoms. The van der Waals surface area contributed by atoms with Crippen molar-refractivity contribution in [3.8, 4) is 45.8 Å². The fraction of sp³-hybridized carbons (Fsp3) is 0.238. The molecule has 0 saturated carbocycles. The van der Waals surface area contributed by atoms with Gasteiger partial charge < -0.3 is 59.8 Å². The summed E-state index contributed by atoms with van der Waals surface area (Å²) in [5.74, 6) is -7.16. The van der Waals surface area contributed by atoms with Crippen LogP contribution in [0.2, 0.25) is 0 Å². The Bertz CT molecular complexity index is 1380. The van der Waals surface area contributed by atoms with Gasteiger partial charge >= 0.3 is 5.97 Å². The van der Waals surface area contributed by atoms with Gasteiger partial charge in [-0.3, -0.25) is 4.79 Å². The lowest BCUT2D eigenvalue weighted by molar-refractivity contribution is -0.271. The van der Waals surface area contributed by atoms with E-state index in [0.29, 0.717) is 0 Å². The number of carbonyl (C=O) groups is 1. The first-order chi connectivity index (χ1) is 16.4. The van der Waals surface area contributed by atoms with Crippen molar-refractivity contribution in [2.24, 2.45) is 0 Å². The summed E-state index contributed by atoms with van der Waals surface area (Å²) >= 11 is 0. The van der Waals surface area contributed by atoms with E-state index >= 15 is 0 Å². The van der Waals surface area contributed by atoms with E-state index in [2.05, 4.69) is 0 Å². The first kappa shape index (κ1) is 23.9. The molecule has 2 heterocycles. The minimum atomic E-state index is -2.02. The van der Waals surface area contributed by atoms with Crippen LogP contribution in [-0.2, 0) is 9.53 Å². The zero-order valence-electron chi connectivity index (χ0n) is 17.3. The van der Waals surface area contributed by atoms with Crippen LogP contribution in [0.4, 0.5) is 0 Å². The Morgan fingerprint density at radius 1 is 0.857 bits per heavy atom. The lowest BCUT2D eigenvalue weighted by Gasteiger charge is -2.38. The van der Waals surface area contributed by atoms with Crippen LogP contribution in [0.1, 0.15) is 0 Å². The molecule has 2 aromatic carbocycles. The molecule has 186 valence electrons. The third-order valence-electron chi connectivity index (χ3n) is 5.37. The number of aliphatic carboxylic acids is 1. The summed E-state index contributed by atoms with van der Waals surface area (Å²) in [6, 6.07) is 4.07. The smallest absolute Gasteiger partial charge is 0.335 e. The third kappa shape index (κ3) is 3.89. The number of aromatic hydroxyl groups is 5. The Hall–Kier alpha value is -4.24. The predicted molar refractivity (Wildman–Crippen MR) is 111 cm³/mol. The maximum Gasteiger partial charge on any atom is 0.335 e. The average Bonchev–Trinajstić information content (AvgIpc) is 2.81. The van der Waals surface area contributed by atoms with Gasteiger partial charge in [-0.1, -0.05) is 0 Å². The van der Waals surface area contributed by atoms with Crippen molar-refractivity contribution in [2.75, 3.05) is 0 Å². The Balaban J connectivity index is 1.82. The molecule has 35 heavy (non-hydrogen) atoms. The van der Waals surface area contributed by atoms with Crippen LogP contribution >= 0.6 is 0 Å². The van der Waals surface area contributed by atoms with Crippen LogP contribution in [0, 0.1) is 0 Å². The number of hydrogen-bond donors (Lipinski definition) is 9. The molecule has 4 rings (SSSR count). The van der Waals surface area contributed by atoms with Crippen molar-refractivity contribution in [3.05, 3.63) is 34.5 Å². The number of carboxylic acid groups (broad SMARTS) is 1. The molecule has 0 bridgehead atoms. The Morgan fingerprint density at radius 3 is 2.17 bits per heavy atom. The first-order valence-corrected chi connectivity index (χ1v) is 9.78. The van der Waals surface area contributed by atoms with E-state index in [1.165, 1.54) is 6.07 Å². The van der Waals surface area contributed by atoms with Gasteiger partial charge in [-0.25, -0.2) is 4.79 Å². The number of carboxylic acids is 1. The highest BCUT2D eigenvalue weighted by molar-refractivity contribution is 5.91. The van der Waals surface area contributed by atoms with E-state index in [9.17, 15) is 50.4 Å². The molecule has 3 aromatic rings. The summed E-state index contributed by atoms with van der Waals surface area (Å²) in [4.78, 5) is 23.9. The van der Waals surface area contributed by atoms with Crippen molar-refractivity contribution in [2.45, 2.75) is 30.7 Å². The SMILES string of the molecule is O=C(O)C1OC(Oc2cc3oc(-c4ccc(O)c(O)c4)c(O)c(=O)c3c(O)c2O)C(O)C(O)C1O. The van der Waals surface area contributed by atoms with Crippen LogP contribution < -0.4 is 10.2 Å². The number of ether oxygens (including phenoxy) is 2. The molecule has 5 atom stereocenters. The quantitative estimate of drug-likeness (QED) is 0.203. The van der Waals surface area contributed by atoms with Crippen LogP contribution in [0.25, 0.3) is 22.3 Å². The Morgan fingerprint density at radius 2 is 1.54 bits per heavy atom. The monoisotopic (exact) mass is 494 g/mol. The lowest BCUT2D eigenvalue weighted by atomic mass is 9.99. The largest absolute Gasteiger partial charge is 0.504 e. The first-order valence-electron chi connectivity index (χ1n) is 9.78. The number of aliphatic hydroxyl groups excluding tert-OH is 3. The number of phenolic OH excluding ortho intramolecular Hbond substituents is 4. The van der Waals surface area contributed by atoms with Crippen LogP contribution in [0.3, 0.4) is 0 Å². The van der Waals surface area contributed by atoms with Gasteiger partial charge in [0.05, 0.1) is 0 Å². The molecule has 0 radical (unpaired) electrons. The number of phenols is 4. The molecular weight excluding hydrogens is 476 g/mol. The molecular formula is C21H18O14. The third-order valence-corrected chi connectivity index (χ3v) is 5.37. The van der Waals surface area contributed by atoms with Gasteiger partial charge in [-0.2, -0.15) is 0 Å². The van der Waals surface area contributed by atoms with Crippen LogP contribution in [0.15, 0.2) is 33.5 Å². The van der Waals surface area contributed by atoms with Crippen molar-refractivity contribution < 1.29 is 64.6 Å². The summed E-state index contributed by atoms with van der Waals surface area (Å²) in [6.07, 6.45) is -10.0. The number of fused-ring (bicyclic) bond motifs is 1. The fourth-order valence-electron chi connectivity index (χ4n) is 3.52. The van der Waals surface area contributed by atoms with Crippen molar-refractivity contribution >= 4 is 16.9 Å². The van der Waals surface area contributed by atoms with Gasteiger partial charge in [0.25, 0.3) is 0 Å². The number of benzene rings is 2. The van der Waals surface area contributed by atoms with Crippen molar-refractivity contribution in [1.82, 2.24) is 0 Å². The highest BCUT2D eigenvalue weighted by atomic mass is 16.7. The molecule has 1 aliphatic heterocycles. The molecule has 1 aliphatic rings. The summed E-state index contributed by atoms with van der Waals surface area (Å²) in [6.45, 7) is 0. The molecule has 5 unspecified atom stereocenters. The zero-order valence-corrected chi connectivity index (χ0v) is 17.3. The molecule has 14 heteroatoms. The van der Waals surface area contributed by atoms with Gasteiger partial charge in [0.2, 0.25) is 23.2 Å². The molecule has 1 aromatic heterocycles. The number of rotatable bonds is 4. The maximum atomic E-state index is 12.7. The van der Waals surface area contributed by atoms with E-state index in [-0.39, 0.29) is 5.56 Å². The highest BCUT2D eigenvalue weighted by Gasteiger charge is 2.48. The van der Waals surface area contributed by atoms with Crippen LogP contribution in [0.5, 0.6) is 34.5 Å². The molecule has 14 nitrogen and oxygen atoms in total. The van der Waals surface area contributed by atoms with E-state index in [1.54, 1.807) is 0 Å². The van der Waals surface area contributed by atoms with Gasteiger partial charge in [-0.15, -0.1) is 0 Å². The second-order valence-corrected chi connectivity index (χ2v) is 7.61. The number of hydrogen-bond acceptors (Lipinski definition) is 13. The van der Waals surface area contributed by atoms with Crippen LogP contribution in [-0.4, -0.2) is 82.6 Å². The average molecular weight is 494 g/mol. The van der Waals surface area contributed by atoms with Crippen molar-refractivity contribution in [1.29, 1.82) is 0 Å². The molecule has 1 saturated heterocycles. The van der Waals surface area contributed by atoms with Gasteiger partial charge in [-0.05, 0) is 18.2 Å². The number of aliphatic hydroxyl groups is 3. The summed E-state index contributed by atoms with van der Waals surface area (Å²) in [5.41, 5.74) is -1.72. The minimum absolute atomic E-state index is 0.0562. The minimum Gasteiger partial charge on any atom is -0.504 e. The zero-order chi connectivity index (χ0) is 25.8. The van der Waals surface area contributed by atoms with Gasteiger partial charge in [0.1, 0.15) is 29.3 Å². The highest BCUT2D eigenvalue weighted by Crippen LogP contribution is 2.44. The van der Waals surface area contributed by atoms with E-state index in [4.69, 9.17) is 19.0 Å². The molecule has 9 N–H and O–H groups in total. The Labute approximate surface area is 193 Å². The van der Waals surface area contributed by atoms with E-state index in [0.717, 1.165) is 18.2 Å². The predicted octanol–water partition coefficient (Wildman–Crippen LogP) is -0.741. The summed E-state index contributed by atoms with van der Waals surface area (Å²) < 4.78 is 15.6. The van der Waals surface area contributed by atoms with Gasteiger partial charge in [0, 0.05) is 11.6 Å². The standard InChI is InChI=1S/C21H18O14/c22-6-2-1-5(3-7(6)23)18-15(28)13(26)10-8(33-18)4-9(11(24)12(10)25)34-21-17(30)14(27)16(29)19(35-21)20(31)32/h1-4,14,16-17,19,21-25,27-30H,(H,31,32). The molecule has 0 aliphatic carbocycles. The normalized spacial score (nSPS) is 24.4. The fourth-order valence-corrected chi connectivity index (χ4v) is 3.52. The van der Waals surface area contributed by atoms with Crippen molar-refractivity contribution in [3.63, 3.8) is 0 Å². The molecule has 0 amide bonds. The second kappa shape index (κ2) is 8.52. The molecule has 1 fully saturated rings.